The summed E-state index contributed by atoms with van der Waals surface area (Å²) in [4.78, 5) is 24.9. The highest BCUT2D eigenvalue weighted by molar-refractivity contribution is 5.89. The van der Waals surface area contributed by atoms with E-state index in [1.165, 1.54) is 6.92 Å². The van der Waals surface area contributed by atoms with Crippen LogP contribution in [-0.4, -0.2) is 31.1 Å². The minimum Gasteiger partial charge on any atom is -0.466 e. The number of hydrogen-bond donors (Lipinski definition) is 1. The van der Waals surface area contributed by atoms with Crippen molar-refractivity contribution in [1.82, 2.24) is 0 Å². The maximum Gasteiger partial charge on any atom is 0.307 e. The number of rotatable bonds is 7. The van der Waals surface area contributed by atoms with Gasteiger partial charge in [-0.1, -0.05) is 6.07 Å². The van der Waals surface area contributed by atoms with Crippen LogP contribution >= 0.6 is 0 Å². The van der Waals surface area contributed by atoms with Gasteiger partial charge in [-0.2, -0.15) is 0 Å². The van der Waals surface area contributed by atoms with Crippen LogP contribution in [0.15, 0.2) is 24.3 Å². The van der Waals surface area contributed by atoms with E-state index in [0.29, 0.717) is 13.0 Å². The van der Waals surface area contributed by atoms with Crippen LogP contribution in [0.1, 0.15) is 34.1 Å². The van der Waals surface area contributed by atoms with Gasteiger partial charge in [0.2, 0.25) is 5.91 Å². The molecule has 0 aliphatic rings. The van der Waals surface area contributed by atoms with E-state index in [2.05, 4.69) is 10.2 Å². The average Bonchev–Trinajstić information content (AvgIpc) is 2.39. The molecule has 1 N–H and O–H groups in total. The maximum absolute atomic E-state index is 11.6. The smallest absolute Gasteiger partial charge is 0.307 e. The molecule has 1 rings (SSSR count). The molecule has 0 aromatic heterocycles. The van der Waals surface area contributed by atoms with Gasteiger partial charge >= 0.3 is 5.97 Å². The van der Waals surface area contributed by atoms with E-state index in [1.807, 2.05) is 38.1 Å². The Morgan fingerprint density at radius 2 is 2.05 bits per heavy atom. The summed E-state index contributed by atoms with van der Waals surface area (Å²) in [5.74, 6) is -0.295. The number of esters is 1. The summed E-state index contributed by atoms with van der Waals surface area (Å²) in [6.45, 7) is 8.47. The summed E-state index contributed by atoms with van der Waals surface area (Å²) >= 11 is 0. The minimum atomic E-state index is -0.193. The lowest BCUT2D eigenvalue weighted by atomic mass is 10.1. The molecule has 0 radical (unpaired) electrons. The number of carbonyl (C=O) groups excluding carboxylic acids is 2. The molecule has 1 aromatic rings. The first-order valence-electron chi connectivity index (χ1n) is 7.27. The normalized spacial score (nSPS) is 11.6. The van der Waals surface area contributed by atoms with E-state index in [4.69, 9.17) is 4.74 Å². The third kappa shape index (κ3) is 5.45. The fourth-order valence-corrected chi connectivity index (χ4v) is 2.29. The van der Waals surface area contributed by atoms with Crippen LogP contribution in [0.25, 0.3) is 0 Å². The zero-order valence-electron chi connectivity index (χ0n) is 13.2. The fourth-order valence-electron chi connectivity index (χ4n) is 2.29. The van der Waals surface area contributed by atoms with Crippen LogP contribution in [0, 0.1) is 0 Å². The number of ether oxygens (including phenoxy) is 1. The van der Waals surface area contributed by atoms with Crippen molar-refractivity contribution in [2.75, 3.05) is 23.4 Å². The molecule has 0 saturated carbocycles. The number of hydrogen-bond acceptors (Lipinski definition) is 4. The predicted molar refractivity (Wildman–Crippen MR) is 84.5 cm³/mol. The second kappa shape index (κ2) is 8.29. The van der Waals surface area contributed by atoms with Gasteiger partial charge in [0.15, 0.2) is 0 Å². The molecule has 0 aliphatic carbocycles. The lowest BCUT2D eigenvalue weighted by molar-refractivity contribution is -0.143. The van der Waals surface area contributed by atoms with E-state index >= 15 is 0 Å². The van der Waals surface area contributed by atoms with Gasteiger partial charge in [0.1, 0.15) is 0 Å². The monoisotopic (exact) mass is 292 g/mol. The van der Waals surface area contributed by atoms with Gasteiger partial charge in [0.25, 0.3) is 0 Å². The summed E-state index contributed by atoms with van der Waals surface area (Å²) < 4.78 is 5.00. The first-order valence-corrected chi connectivity index (χ1v) is 7.27. The summed E-state index contributed by atoms with van der Waals surface area (Å²) in [5.41, 5.74) is 1.72. The van der Waals surface area contributed by atoms with Gasteiger partial charge in [-0.25, -0.2) is 0 Å². The highest BCUT2D eigenvalue weighted by Crippen LogP contribution is 2.22. The molecular formula is C16H24N2O3. The first kappa shape index (κ1) is 17.0. The van der Waals surface area contributed by atoms with Crippen molar-refractivity contribution in [2.45, 2.75) is 40.2 Å². The Hall–Kier alpha value is -2.04. The highest BCUT2D eigenvalue weighted by Gasteiger charge is 2.17. The molecule has 0 spiro atoms. The predicted octanol–water partition coefficient (Wildman–Crippen LogP) is 2.81. The summed E-state index contributed by atoms with van der Waals surface area (Å²) in [7, 11) is 0. The fraction of sp³-hybridized carbons (Fsp3) is 0.500. The zero-order valence-corrected chi connectivity index (χ0v) is 13.2. The van der Waals surface area contributed by atoms with Crippen molar-refractivity contribution in [3.8, 4) is 0 Å². The number of anilines is 2. The molecule has 0 aliphatic heterocycles. The Kier molecular flexibility index (Phi) is 6.72. The molecule has 21 heavy (non-hydrogen) atoms. The lowest BCUT2D eigenvalue weighted by Crippen LogP contribution is -2.35. The number of nitrogens with one attached hydrogen (secondary N) is 1. The largest absolute Gasteiger partial charge is 0.466 e. The maximum atomic E-state index is 11.6. The third-order valence-electron chi connectivity index (χ3n) is 3.14. The SMILES string of the molecule is CCOC(=O)CC(C)N(CC)c1cccc(NC(C)=O)c1. The molecule has 1 amide bonds. The van der Waals surface area contributed by atoms with Crippen LogP contribution in [0.4, 0.5) is 11.4 Å². The lowest BCUT2D eigenvalue weighted by Gasteiger charge is -2.30. The Morgan fingerprint density at radius 1 is 1.33 bits per heavy atom. The van der Waals surface area contributed by atoms with Crippen LogP contribution in [0.3, 0.4) is 0 Å². The van der Waals surface area contributed by atoms with Crippen LogP contribution in [0.5, 0.6) is 0 Å². The summed E-state index contributed by atoms with van der Waals surface area (Å²) in [6, 6.07) is 7.64. The molecule has 0 bridgehead atoms. The van der Waals surface area contributed by atoms with Crippen LogP contribution < -0.4 is 10.2 Å². The van der Waals surface area contributed by atoms with E-state index < -0.39 is 0 Å². The van der Waals surface area contributed by atoms with Crippen molar-refractivity contribution in [3.05, 3.63) is 24.3 Å². The molecule has 1 unspecified atom stereocenters. The Labute approximate surface area is 126 Å². The van der Waals surface area contributed by atoms with Gasteiger partial charge in [0.05, 0.1) is 13.0 Å². The van der Waals surface area contributed by atoms with Gasteiger partial charge in [0, 0.05) is 30.9 Å². The number of amides is 1. The minimum absolute atomic E-state index is 0.0293. The van der Waals surface area contributed by atoms with Gasteiger partial charge in [-0.3, -0.25) is 9.59 Å². The Morgan fingerprint density at radius 3 is 2.62 bits per heavy atom. The van der Waals surface area contributed by atoms with E-state index in [1.54, 1.807) is 6.92 Å². The molecule has 1 aromatic carbocycles. The molecular weight excluding hydrogens is 268 g/mol. The summed E-state index contributed by atoms with van der Waals surface area (Å²) in [6.07, 6.45) is 0.339. The number of nitrogens with zero attached hydrogens (tertiary/aromatic N) is 1. The molecule has 0 saturated heterocycles. The Bertz CT molecular complexity index is 488. The zero-order chi connectivity index (χ0) is 15.8. The standard InChI is InChI=1S/C16H24N2O3/c1-5-18(12(3)10-16(20)21-6-2)15-9-7-8-14(11-15)17-13(4)19/h7-9,11-12H,5-6,10H2,1-4H3,(H,17,19). The quantitative estimate of drug-likeness (QED) is 0.785. The Balaban J connectivity index is 2.83. The topological polar surface area (TPSA) is 58.6 Å². The van der Waals surface area contributed by atoms with Crippen molar-refractivity contribution < 1.29 is 14.3 Å². The third-order valence-corrected chi connectivity index (χ3v) is 3.14. The van der Waals surface area contributed by atoms with E-state index in [-0.39, 0.29) is 17.9 Å². The number of benzene rings is 1. The summed E-state index contributed by atoms with van der Waals surface area (Å²) in [5, 5.41) is 2.77. The first-order chi connectivity index (χ1) is 9.97. The molecule has 5 nitrogen and oxygen atoms in total. The van der Waals surface area contributed by atoms with Crippen LogP contribution in [0.2, 0.25) is 0 Å². The average molecular weight is 292 g/mol. The molecule has 116 valence electrons. The van der Waals surface area contributed by atoms with Gasteiger partial charge in [-0.05, 0) is 39.0 Å². The highest BCUT2D eigenvalue weighted by atomic mass is 16.5. The van der Waals surface area contributed by atoms with Crippen molar-refractivity contribution in [2.24, 2.45) is 0 Å². The second-order valence-electron chi connectivity index (χ2n) is 4.88. The van der Waals surface area contributed by atoms with Crippen molar-refractivity contribution in [3.63, 3.8) is 0 Å². The molecule has 5 heteroatoms. The van der Waals surface area contributed by atoms with E-state index in [0.717, 1.165) is 17.9 Å². The van der Waals surface area contributed by atoms with Crippen LogP contribution in [-0.2, 0) is 14.3 Å². The molecule has 0 fully saturated rings. The molecule has 0 heterocycles. The number of carbonyl (C=O) groups is 2. The van der Waals surface area contributed by atoms with Gasteiger partial charge < -0.3 is 15.0 Å². The van der Waals surface area contributed by atoms with Gasteiger partial charge in [-0.15, -0.1) is 0 Å². The van der Waals surface area contributed by atoms with E-state index in [9.17, 15) is 9.59 Å². The second-order valence-corrected chi connectivity index (χ2v) is 4.88. The molecule has 1 atom stereocenters. The van der Waals surface area contributed by atoms with Crippen molar-refractivity contribution >= 4 is 23.3 Å². The van der Waals surface area contributed by atoms with Crippen molar-refractivity contribution in [1.29, 1.82) is 0 Å².